The number of fused-ring (bicyclic) bond motifs is 1. The van der Waals surface area contributed by atoms with Crippen LogP contribution in [-0.2, 0) is 14.3 Å². The molecule has 0 spiro atoms. The second-order valence-corrected chi connectivity index (χ2v) is 7.02. The Morgan fingerprint density at radius 1 is 1.18 bits per heavy atom. The largest absolute Gasteiger partial charge is 0.375 e. The fourth-order valence-corrected chi connectivity index (χ4v) is 3.73. The average Bonchev–Trinajstić information content (AvgIpc) is 3.36. The minimum absolute atomic E-state index is 0.00295. The third-order valence-electron chi connectivity index (χ3n) is 5.14. The third-order valence-corrected chi connectivity index (χ3v) is 5.14. The van der Waals surface area contributed by atoms with Crippen molar-refractivity contribution in [2.75, 3.05) is 25.6 Å². The lowest BCUT2D eigenvalue weighted by Gasteiger charge is -2.23. The zero-order valence-corrected chi connectivity index (χ0v) is 15.8. The highest BCUT2D eigenvalue weighted by Crippen LogP contribution is 2.26. The Balaban J connectivity index is 1.45. The number of rotatable bonds is 5. The van der Waals surface area contributed by atoms with E-state index in [1.165, 1.54) is 7.11 Å². The van der Waals surface area contributed by atoms with E-state index in [2.05, 4.69) is 22.4 Å². The van der Waals surface area contributed by atoms with Crippen molar-refractivity contribution in [2.24, 2.45) is 0 Å². The van der Waals surface area contributed by atoms with Gasteiger partial charge in [0.15, 0.2) is 0 Å². The molecule has 1 atom stereocenters. The number of hydrogen-bond acceptors (Lipinski definition) is 3. The van der Waals surface area contributed by atoms with E-state index in [1.54, 1.807) is 4.90 Å². The molecule has 1 saturated heterocycles. The molecule has 3 aromatic rings. The standard InChI is InChI=1S/C22H23N3O3/c1-28-14-21(26)25-12-4-7-20(25)22(27)23-17-10-8-15(9-11-17)19-13-16-5-2-3-6-18(16)24-19/h2-3,5-6,8-11,13,20,24H,4,7,12,14H2,1H3,(H,23,27). The molecule has 0 saturated carbocycles. The van der Waals surface area contributed by atoms with E-state index >= 15 is 0 Å². The first-order chi connectivity index (χ1) is 13.7. The van der Waals surface area contributed by atoms with Crippen LogP contribution >= 0.6 is 0 Å². The zero-order chi connectivity index (χ0) is 19.5. The number of anilines is 1. The molecule has 0 radical (unpaired) electrons. The predicted octanol–water partition coefficient (Wildman–Crippen LogP) is 3.41. The van der Waals surface area contributed by atoms with Gasteiger partial charge in [0.25, 0.3) is 0 Å². The summed E-state index contributed by atoms with van der Waals surface area (Å²) in [4.78, 5) is 29.8. The molecule has 1 aromatic heterocycles. The van der Waals surface area contributed by atoms with Crippen LogP contribution in [0.15, 0.2) is 54.6 Å². The lowest BCUT2D eigenvalue weighted by atomic mass is 10.1. The Hall–Kier alpha value is -3.12. The highest BCUT2D eigenvalue weighted by Gasteiger charge is 2.33. The summed E-state index contributed by atoms with van der Waals surface area (Å²) in [6, 6.07) is 17.5. The summed E-state index contributed by atoms with van der Waals surface area (Å²) in [7, 11) is 1.48. The van der Waals surface area contributed by atoms with Gasteiger partial charge >= 0.3 is 0 Å². The molecule has 2 heterocycles. The molecule has 2 amide bonds. The normalized spacial score (nSPS) is 16.5. The Morgan fingerprint density at radius 3 is 2.71 bits per heavy atom. The summed E-state index contributed by atoms with van der Waals surface area (Å²) in [5, 5.41) is 4.10. The molecular weight excluding hydrogens is 354 g/mol. The molecule has 1 aliphatic heterocycles. The van der Waals surface area contributed by atoms with Crippen LogP contribution in [0.4, 0.5) is 5.69 Å². The maximum absolute atomic E-state index is 12.7. The number of aromatic nitrogens is 1. The van der Waals surface area contributed by atoms with Crippen molar-refractivity contribution >= 4 is 28.4 Å². The Morgan fingerprint density at radius 2 is 1.96 bits per heavy atom. The number of benzene rings is 2. The molecule has 28 heavy (non-hydrogen) atoms. The van der Waals surface area contributed by atoms with Gasteiger partial charge in [-0.15, -0.1) is 0 Å². The molecule has 0 bridgehead atoms. The van der Waals surface area contributed by atoms with Crippen molar-refractivity contribution in [1.29, 1.82) is 0 Å². The minimum Gasteiger partial charge on any atom is -0.375 e. The van der Waals surface area contributed by atoms with E-state index in [4.69, 9.17) is 4.74 Å². The smallest absolute Gasteiger partial charge is 0.249 e. The minimum atomic E-state index is -0.434. The van der Waals surface area contributed by atoms with Crippen molar-refractivity contribution in [3.63, 3.8) is 0 Å². The van der Waals surface area contributed by atoms with Crippen LogP contribution in [0.2, 0.25) is 0 Å². The van der Waals surface area contributed by atoms with Crippen LogP contribution in [0, 0.1) is 0 Å². The van der Waals surface area contributed by atoms with Gasteiger partial charge in [0.2, 0.25) is 11.8 Å². The second kappa shape index (κ2) is 7.86. The van der Waals surface area contributed by atoms with Crippen molar-refractivity contribution in [3.05, 3.63) is 54.6 Å². The van der Waals surface area contributed by atoms with Gasteiger partial charge in [0, 0.05) is 35.9 Å². The van der Waals surface area contributed by atoms with E-state index in [0.29, 0.717) is 13.0 Å². The number of nitrogens with zero attached hydrogens (tertiary/aromatic N) is 1. The summed E-state index contributed by atoms with van der Waals surface area (Å²) in [6.07, 6.45) is 1.50. The molecule has 2 aromatic carbocycles. The Kier molecular flexibility index (Phi) is 5.12. The first-order valence-electron chi connectivity index (χ1n) is 9.43. The first kappa shape index (κ1) is 18.3. The molecule has 6 heteroatoms. The van der Waals surface area contributed by atoms with E-state index < -0.39 is 6.04 Å². The van der Waals surface area contributed by atoms with Crippen LogP contribution in [0.1, 0.15) is 12.8 Å². The fraction of sp³-hybridized carbons (Fsp3) is 0.273. The number of likely N-dealkylation sites (tertiary alicyclic amines) is 1. The van der Waals surface area contributed by atoms with Crippen LogP contribution in [0.25, 0.3) is 22.2 Å². The van der Waals surface area contributed by atoms with Gasteiger partial charge in [-0.1, -0.05) is 30.3 Å². The quantitative estimate of drug-likeness (QED) is 0.716. The number of H-pyrrole nitrogens is 1. The summed E-state index contributed by atoms with van der Waals surface area (Å²) >= 11 is 0. The molecule has 144 valence electrons. The molecule has 1 fully saturated rings. The molecular formula is C22H23N3O3. The summed E-state index contributed by atoms with van der Waals surface area (Å²) < 4.78 is 4.91. The Labute approximate surface area is 163 Å². The Bertz CT molecular complexity index is 961. The summed E-state index contributed by atoms with van der Waals surface area (Å²) in [5.41, 5.74) is 3.89. The van der Waals surface area contributed by atoms with Gasteiger partial charge in [-0.05, 0) is 42.7 Å². The van der Waals surface area contributed by atoms with Crippen LogP contribution in [0.5, 0.6) is 0 Å². The van der Waals surface area contributed by atoms with Crippen LogP contribution in [-0.4, -0.2) is 48.0 Å². The van der Waals surface area contributed by atoms with Crippen molar-refractivity contribution in [3.8, 4) is 11.3 Å². The molecule has 4 rings (SSSR count). The topological polar surface area (TPSA) is 74.4 Å². The number of carbonyl (C=O) groups is 2. The second-order valence-electron chi connectivity index (χ2n) is 7.02. The van der Waals surface area contributed by atoms with E-state index in [9.17, 15) is 9.59 Å². The SMILES string of the molecule is COCC(=O)N1CCCC1C(=O)Nc1ccc(-c2cc3ccccc3[nH]2)cc1. The molecule has 2 N–H and O–H groups in total. The number of hydrogen-bond donors (Lipinski definition) is 2. The van der Waals surface area contributed by atoms with Gasteiger partial charge in [-0.2, -0.15) is 0 Å². The summed E-state index contributed by atoms with van der Waals surface area (Å²) in [6.45, 7) is 0.600. The first-order valence-corrected chi connectivity index (χ1v) is 9.43. The van der Waals surface area contributed by atoms with Gasteiger partial charge in [0.05, 0.1) is 0 Å². The average molecular weight is 377 g/mol. The zero-order valence-electron chi connectivity index (χ0n) is 15.8. The van der Waals surface area contributed by atoms with E-state index in [0.717, 1.165) is 34.3 Å². The maximum atomic E-state index is 12.7. The number of para-hydroxylation sites is 1. The number of amides is 2. The van der Waals surface area contributed by atoms with Crippen molar-refractivity contribution < 1.29 is 14.3 Å². The number of aromatic amines is 1. The number of ether oxygens (including phenoxy) is 1. The number of methoxy groups -OCH3 is 1. The highest BCUT2D eigenvalue weighted by atomic mass is 16.5. The lowest BCUT2D eigenvalue weighted by Crippen LogP contribution is -2.44. The van der Waals surface area contributed by atoms with Crippen LogP contribution < -0.4 is 5.32 Å². The number of nitrogens with one attached hydrogen (secondary N) is 2. The summed E-state index contributed by atoms with van der Waals surface area (Å²) in [5.74, 6) is -0.297. The third kappa shape index (κ3) is 3.64. The van der Waals surface area contributed by atoms with E-state index in [-0.39, 0.29) is 18.4 Å². The predicted molar refractivity (Wildman–Crippen MR) is 109 cm³/mol. The molecule has 1 aliphatic rings. The highest BCUT2D eigenvalue weighted by molar-refractivity contribution is 5.98. The van der Waals surface area contributed by atoms with Gasteiger partial charge < -0.3 is 19.9 Å². The molecule has 1 unspecified atom stereocenters. The van der Waals surface area contributed by atoms with Gasteiger partial charge in [-0.3, -0.25) is 9.59 Å². The monoisotopic (exact) mass is 377 g/mol. The fourth-order valence-electron chi connectivity index (χ4n) is 3.73. The maximum Gasteiger partial charge on any atom is 0.249 e. The molecule has 6 nitrogen and oxygen atoms in total. The van der Waals surface area contributed by atoms with Crippen molar-refractivity contribution in [2.45, 2.75) is 18.9 Å². The number of carbonyl (C=O) groups excluding carboxylic acids is 2. The molecule has 0 aliphatic carbocycles. The van der Waals surface area contributed by atoms with Crippen molar-refractivity contribution in [1.82, 2.24) is 9.88 Å². The van der Waals surface area contributed by atoms with Crippen LogP contribution in [0.3, 0.4) is 0 Å². The van der Waals surface area contributed by atoms with E-state index in [1.807, 2.05) is 42.5 Å². The van der Waals surface area contributed by atoms with Gasteiger partial charge in [-0.25, -0.2) is 0 Å². The van der Waals surface area contributed by atoms with Gasteiger partial charge in [0.1, 0.15) is 12.6 Å². The lowest BCUT2D eigenvalue weighted by molar-refractivity contribution is -0.139.